The van der Waals surface area contributed by atoms with Crippen molar-refractivity contribution in [1.29, 1.82) is 0 Å². The van der Waals surface area contributed by atoms with Crippen LogP contribution in [0.25, 0.3) is 0 Å². The van der Waals surface area contributed by atoms with E-state index in [-0.39, 0.29) is 30.5 Å². The molecule has 30 heavy (non-hydrogen) atoms. The van der Waals surface area contributed by atoms with Gasteiger partial charge in [-0.1, -0.05) is 49.6 Å². The van der Waals surface area contributed by atoms with Gasteiger partial charge in [0.25, 0.3) is 0 Å². The first kappa shape index (κ1) is 22.5. The Morgan fingerprint density at radius 3 is 2.77 bits per heavy atom. The van der Waals surface area contributed by atoms with Crippen molar-refractivity contribution in [2.75, 3.05) is 0 Å². The van der Waals surface area contributed by atoms with Crippen LogP contribution in [0.2, 0.25) is 0 Å². The van der Waals surface area contributed by atoms with Gasteiger partial charge in [0.1, 0.15) is 17.6 Å². The van der Waals surface area contributed by atoms with E-state index < -0.39 is 24.5 Å². The SMILES string of the molecule is O=C(O)CCCCCC[C@H]1C(=O)C[C@@H](O)[C@@H]1/C=C/[C@H](O)[C@@H]1OCc2ccccc2O1. The maximum Gasteiger partial charge on any atom is 0.303 e. The molecule has 3 N–H and O–H groups in total. The average molecular weight is 418 g/mol. The maximum absolute atomic E-state index is 12.3. The Labute approximate surface area is 176 Å². The summed E-state index contributed by atoms with van der Waals surface area (Å²) < 4.78 is 11.3. The van der Waals surface area contributed by atoms with Crippen LogP contribution in [0.4, 0.5) is 0 Å². The third-order valence-corrected chi connectivity index (χ3v) is 5.82. The lowest BCUT2D eigenvalue weighted by atomic mass is 9.88. The first-order chi connectivity index (χ1) is 14.5. The number of hydrogen-bond donors (Lipinski definition) is 3. The quantitative estimate of drug-likeness (QED) is 0.395. The molecule has 0 unspecified atom stereocenters. The smallest absolute Gasteiger partial charge is 0.303 e. The topological polar surface area (TPSA) is 113 Å². The molecule has 0 amide bonds. The fourth-order valence-electron chi connectivity index (χ4n) is 4.16. The molecule has 1 heterocycles. The lowest BCUT2D eigenvalue weighted by Gasteiger charge is -2.28. The minimum Gasteiger partial charge on any atom is -0.481 e. The number of ketones is 1. The molecular formula is C23H30O7. The summed E-state index contributed by atoms with van der Waals surface area (Å²) >= 11 is 0. The Balaban J connectivity index is 1.51. The van der Waals surface area contributed by atoms with E-state index in [0.29, 0.717) is 25.2 Å². The zero-order valence-electron chi connectivity index (χ0n) is 17.0. The van der Waals surface area contributed by atoms with E-state index in [9.17, 15) is 19.8 Å². The molecule has 1 aliphatic heterocycles. The molecule has 1 aromatic rings. The Bertz CT molecular complexity index is 760. The van der Waals surface area contributed by atoms with Gasteiger partial charge in [0.05, 0.1) is 12.7 Å². The second kappa shape index (κ2) is 10.7. The van der Waals surface area contributed by atoms with Gasteiger partial charge in [-0.05, 0) is 18.9 Å². The minimum absolute atomic E-state index is 0.0382. The van der Waals surface area contributed by atoms with Crippen LogP contribution in [0.3, 0.4) is 0 Å². The number of aliphatic carboxylic acids is 1. The number of carbonyl (C=O) groups is 2. The molecule has 1 saturated carbocycles. The van der Waals surface area contributed by atoms with E-state index in [1.54, 1.807) is 12.2 Å². The summed E-state index contributed by atoms with van der Waals surface area (Å²) in [4.78, 5) is 22.9. The van der Waals surface area contributed by atoms with Crippen molar-refractivity contribution in [1.82, 2.24) is 0 Å². The number of para-hydroxylation sites is 1. The van der Waals surface area contributed by atoms with E-state index in [1.165, 1.54) is 0 Å². The second-order valence-electron chi connectivity index (χ2n) is 8.05. The van der Waals surface area contributed by atoms with E-state index in [4.69, 9.17) is 14.6 Å². The number of rotatable bonds is 10. The Morgan fingerprint density at radius 1 is 1.20 bits per heavy atom. The molecule has 3 rings (SSSR count). The van der Waals surface area contributed by atoms with Crippen LogP contribution in [-0.2, 0) is 20.9 Å². The molecule has 1 aromatic carbocycles. The van der Waals surface area contributed by atoms with Crippen LogP contribution < -0.4 is 4.74 Å². The fraction of sp³-hybridized carbons (Fsp3) is 0.565. The molecule has 0 saturated heterocycles. The molecule has 1 aliphatic carbocycles. The highest BCUT2D eigenvalue weighted by atomic mass is 16.7. The van der Waals surface area contributed by atoms with Crippen molar-refractivity contribution in [2.45, 2.75) is 70.1 Å². The number of carbonyl (C=O) groups excluding carboxylic acids is 1. The van der Waals surface area contributed by atoms with E-state index in [1.807, 2.05) is 24.3 Å². The van der Waals surface area contributed by atoms with Gasteiger partial charge in [-0.25, -0.2) is 0 Å². The second-order valence-corrected chi connectivity index (χ2v) is 8.05. The van der Waals surface area contributed by atoms with Crippen molar-refractivity contribution in [2.24, 2.45) is 11.8 Å². The standard InChI is InChI=1S/C23H30O7/c24-18(23-29-14-15-7-5-6-9-21(15)30-23)12-11-17-16(19(25)13-20(17)26)8-3-1-2-4-10-22(27)28/h5-7,9,11-12,16-18,20,23-24,26H,1-4,8,10,13-14H2,(H,27,28)/b12-11+/t16-,17-,18+,20-,23-/m1/s1. The lowest BCUT2D eigenvalue weighted by Crippen LogP contribution is -2.36. The zero-order valence-corrected chi connectivity index (χ0v) is 17.0. The van der Waals surface area contributed by atoms with Crippen molar-refractivity contribution in [3.63, 3.8) is 0 Å². The number of aliphatic hydroxyl groups is 2. The third-order valence-electron chi connectivity index (χ3n) is 5.82. The number of carboxylic acids is 1. The lowest BCUT2D eigenvalue weighted by molar-refractivity contribution is -0.152. The number of fused-ring (bicyclic) bond motifs is 1. The first-order valence-electron chi connectivity index (χ1n) is 10.6. The van der Waals surface area contributed by atoms with Gasteiger partial charge in [0, 0.05) is 30.2 Å². The van der Waals surface area contributed by atoms with Gasteiger partial charge >= 0.3 is 5.97 Å². The molecule has 164 valence electrons. The van der Waals surface area contributed by atoms with E-state index >= 15 is 0 Å². The Kier molecular flexibility index (Phi) is 8.01. The fourth-order valence-corrected chi connectivity index (χ4v) is 4.16. The van der Waals surface area contributed by atoms with Gasteiger partial charge < -0.3 is 24.8 Å². The van der Waals surface area contributed by atoms with Crippen molar-refractivity contribution >= 4 is 11.8 Å². The largest absolute Gasteiger partial charge is 0.481 e. The predicted octanol–water partition coefficient (Wildman–Crippen LogP) is 2.83. The molecular weight excluding hydrogens is 388 g/mol. The van der Waals surface area contributed by atoms with Crippen molar-refractivity contribution in [3.8, 4) is 5.75 Å². The summed E-state index contributed by atoms with van der Waals surface area (Å²) in [6.07, 6.45) is 4.70. The summed E-state index contributed by atoms with van der Waals surface area (Å²) in [6, 6.07) is 7.48. The van der Waals surface area contributed by atoms with Gasteiger partial charge in [-0.3, -0.25) is 9.59 Å². The molecule has 7 nitrogen and oxygen atoms in total. The zero-order chi connectivity index (χ0) is 21.5. The monoisotopic (exact) mass is 418 g/mol. The summed E-state index contributed by atoms with van der Waals surface area (Å²) in [6.45, 7) is 0.348. The van der Waals surface area contributed by atoms with Crippen LogP contribution in [-0.4, -0.2) is 45.6 Å². The number of carboxylic acid groups (broad SMARTS) is 1. The normalized spacial score (nSPS) is 27.1. The number of benzene rings is 1. The Hall–Kier alpha value is -2.22. The number of Topliss-reactive ketones (excluding diaryl/α,β-unsaturated/α-hetero) is 1. The first-order valence-corrected chi connectivity index (χ1v) is 10.6. The molecule has 0 aromatic heterocycles. The molecule has 0 bridgehead atoms. The van der Waals surface area contributed by atoms with Gasteiger partial charge in [0.15, 0.2) is 0 Å². The molecule has 5 atom stereocenters. The highest BCUT2D eigenvalue weighted by Gasteiger charge is 2.39. The Morgan fingerprint density at radius 2 is 1.97 bits per heavy atom. The number of unbranched alkanes of at least 4 members (excludes halogenated alkanes) is 3. The number of hydrogen-bond acceptors (Lipinski definition) is 6. The highest BCUT2D eigenvalue weighted by Crippen LogP contribution is 2.35. The number of aliphatic hydroxyl groups excluding tert-OH is 2. The molecule has 0 radical (unpaired) electrons. The summed E-state index contributed by atoms with van der Waals surface area (Å²) in [5.41, 5.74) is 0.921. The molecule has 0 spiro atoms. The van der Waals surface area contributed by atoms with Crippen LogP contribution >= 0.6 is 0 Å². The van der Waals surface area contributed by atoms with Crippen LogP contribution in [0, 0.1) is 11.8 Å². The van der Waals surface area contributed by atoms with E-state index in [2.05, 4.69) is 0 Å². The van der Waals surface area contributed by atoms with E-state index in [0.717, 1.165) is 24.8 Å². The van der Waals surface area contributed by atoms with Gasteiger partial charge in [-0.2, -0.15) is 0 Å². The highest BCUT2D eigenvalue weighted by molar-refractivity contribution is 5.84. The third kappa shape index (κ3) is 5.90. The maximum atomic E-state index is 12.3. The van der Waals surface area contributed by atoms with Gasteiger partial charge in [0.2, 0.25) is 6.29 Å². The summed E-state index contributed by atoms with van der Waals surface area (Å²) in [7, 11) is 0. The predicted molar refractivity (Wildman–Crippen MR) is 109 cm³/mol. The summed E-state index contributed by atoms with van der Waals surface area (Å²) in [5.74, 6) is -0.699. The van der Waals surface area contributed by atoms with Crippen LogP contribution in [0.15, 0.2) is 36.4 Å². The molecule has 2 aliphatic rings. The van der Waals surface area contributed by atoms with Crippen LogP contribution in [0.5, 0.6) is 5.75 Å². The van der Waals surface area contributed by atoms with Crippen molar-refractivity contribution < 1.29 is 34.4 Å². The molecule has 1 fully saturated rings. The minimum atomic E-state index is -1.02. The van der Waals surface area contributed by atoms with Gasteiger partial charge in [-0.15, -0.1) is 0 Å². The number of ether oxygens (including phenoxy) is 2. The summed E-state index contributed by atoms with van der Waals surface area (Å²) in [5, 5.41) is 29.4. The van der Waals surface area contributed by atoms with Crippen molar-refractivity contribution in [3.05, 3.63) is 42.0 Å². The average Bonchev–Trinajstić information content (AvgIpc) is 3.00. The molecule has 7 heteroatoms. The van der Waals surface area contributed by atoms with Crippen LogP contribution in [0.1, 0.15) is 50.5 Å².